The second-order valence-electron chi connectivity index (χ2n) is 9.59. The Balaban J connectivity index is 1.44. The summed E-state index contributed by atoms with van der Waals surface area (Å²) >= 11 is 0. The number of alkyl halides is 1. The molecule has 0 unspecified atom stereocenters. The zero-order chi connectivity index (χ0) is 24.4. The summed E-state index contributed by atoms with van der Waals surface area (Å²) in [7, 11) is 0. The van der Waals surface area contributed by atoms with E-state index in [0.29, 0.717) is 28.7 Å². The topological polar surface area (TPSA) is 104 Å². The van der Waals surface area contributed by atoms with Crippen LogP contribution in [-0.4, -0.2) is 40.1 Å². The minimum atomic E-state index is -0.476. The number of hydrogen-bond acceptors (Lipinski definition) is 7. The first-order chi connectivity index (χ1) is 17.0. The van der Waals surface area contributed by atoms with E-state index in [2.05, 4.69) is 48.4 Å². The van der Waals surface area contributed by atoms with Crippen molar-refractivity contribution >= 4 is 29.0 Å². The number of aromatic nitrogens is 3. The molecule has 1 saturated carbocycles. The number of amides is 1. The molecule has 1 amide bonds. The van der Waals surface area contributed by atoms with Gasteiger partial charge < -0.3 is 21.3 Å². The van der Waals surface area contributed by atoms with Gasteiger partial charge in [-0.25, -0.2) is 4.98 Å². The molecule has 1 aliphatic heterocycles. The quantitative estimate of drug-likeness (QED) is 0.388. The van der Waals surface area contributed by atoms with Gasteiger partial charge in [0, 0.05) is 41.8 Å². The van der Waals surface area contributed by atoms with Crippen molar-refractivity contribution in [2.75, 3.05) is 23.9 Å². The Hall–Kier alpha value is -3.59. The third-order valence-electron chi connectivity index (χ3n) is 6.48. The summed E-state index contributed by atoms with van der Waals surface area (Å²) < 4.78 is 13.6. The lowest BCUT2D eigenvalue weighted by molar-refractivity contribution is 0.0943. The highest BCUT2D eigenvalue weighted by Crippen LogP contribution is 2.48. The van der Waals surface area contributed by atoms with Crippen LogP contribution >= 0.6 is 0 Å². The number of fused-ring (bicyclic) bond motifs is 1. The Kier molecular flexibility index (Phi) is 6.34. The second-order valence-corrected chi connectivity index (χ2v) is 9.59. The number of rotatable bonds is 8. The van der Waals surface area contributed by atoms with Gasteiger partial charge in [-0.15, -0.1) is 0 Å². The maximum absolute atomic E-state index is 13.6. The molecule has 4 N–H and O–H groups in total. The van der Waals surface area contributed by atoms with Gasteiger partial charge in [0.25, 0.3) is 5.91 Å². The smallest absolute Gasteiger partial charge is 0.256 e. The normalized spacial score (nSPS) is 15.9. The van der Waals surface area contributed by atoms with Gasteiger partial charge in [0.2, 0.25) is 5.95 Å². The van der Waals surface area contributed by atoms with Gasteiger partial charge in [0.15, 0.2) is 0 Å². The molecule has 0 saturated heterocycles. The highest BCUT2D eigenvalue weighted by molar-refractivity contribution is 5.99. The molecule has 0 atom stereocenters. The largest absolute Gasteiger partial charge is 0.350 e. The van der Waals surface area contributed by atoms with E-state index < -0.39 is 12.1 Å². The molecule has 1 fully saturated rings. The standard InChI is InChI=1S/C26H30FN7O/c1-16(2)31-24(35)21-14-30-25(33-19-4-3-18-13-28-9-5-17(18)11-19)34-23(21)32-20-6-10-29-22(12-20)26(15-27)7-8-26/h3-4,6,10-12,14,16,28H,5,7-9,13,15H2,1-2H3,(H,31,35)(H2,29,30,32,33,34). The monoisotopic (exact) mass is 475 g/mol. The highest BCUT2D eigenvalue weighted by atomic mass is 19.1. The van der Waals surface area contributed by atoms with Crippen LogP contribution in [0.3, 0.4) is 0 Å². The summed E-state index contributed by atoms with van der Waals surface area (Å²) in [5.41, 5.74) is 4.74. The Bertz CT molecular complexity index is 1240. The third kappa shape index (κ3) is 5.09. The lowest BCUT2D eigenvalue weighted by Gasteiger charge is -2.18. The minimum absolute atomic E-state index is 0.0371. The van der Waals surface area contributed by atoms with Crippen molar-refractivity contribution in [2.45, 2.75) is 51.1 Å². The van der Waals surface area contributed by atoms with Crippen LogP contribution in [0.2, 0.25) is 0 Å². The predicted molar refractivity (Wildman–Crippen MR) is 134 cm³/mol. The maximum Gasteiger partial charge on any atom is 0.256 e. The van der Waals surface area contributed by atoms with E-state index in [-0.39, 0.29) is 11.9 Å². The molecule has 3 aromatic rings. The molecular weight excluding hydrogens is 445 g/mol. The summed E-state index contributed by atoms with van der Waals surface area (Å²) in [6, 6.07) is 9.81. The van der Waals surface area contributed by atoms with Gasteiger partial charge >= 0.3 is 0 Å². The van der Waals surface area contributed by atoms with Crippen LogP contribution in [-0.2, 0) is 18.4 Å². The summed E-state index contributed by atoms with van der Waals surface area (Å²) in [4.78, 5) is 26.3. The molecule has 0 spiro atoms. The molecule has 9 heteroatoms. The first kappa shape index (κ1) is 23.2. The number of hydrogen-bond donors (Lipinski definition) is 4. The van der Waals surface area contributed by atoms with Crippen molar-refractivity contribution in [3.8, 4) is 0 Å². The number of carbonyl (C=O) groups excluding carboxylic acids is 1. The Labute approximate surface area is 204 Å². The molecular formula is C26H30FN7O. The number of carbonyl (C=O) groups is 1. The fraction of sp³-hybridized carbons (Fsp3) is 0.385. The van der Waals surface area contributed by atoms with Gasteiger partial charge in [-0.1, -0.05) is 6.07 Å². The average Bonchev–Trinajstić information content (AvgIpc) is 3.65. The second kappa shape index (κ2) is 9.58. The molecule has 1 aromatic carbocycles. The zero-order valence-corrected chi connectivity index (χ0v) is 20.0. The van der Waals surface area contributed by atoms with Crippen molar-refractivity contribution in [3.63, 3.8) is 0 Å². The fourth-order valence-electron chi connectivity index (χ4n) is 4.27. The van der Waals surface area contributed by atoms with Crippen molar-refractivity contribution in [2.24, 2.45) is 0 Å². The van der Waals surface area contributed by atoms with Gasteiger partial charge in [-0.2, -0.15) is 4.98 Å². The molecule has 8 nitrogen and oxygen atoms in total. The zero-order valence-electron chi connectivity index (χ0n) is 20.0. The summed E-state index contributed by atoms with van der Waals surface area (Å²) in [6.07, 6.45) is 5.73. The first-order valence-electron chi connectivity index (χ1n) is 12.0. The van der Waals surface area contributed by atoms with E-state index in [9.17, 15) is 9.18 Å². The highest BCUT2D eigenvalue weighted by Gasteiger charge is 2.46. The molecule has 3 heterocycles. The fourth-order valence-corrected chi connectivity index (χ4v) is 4.27. The van der Waals surface area contributed by atoms with Gasteiger partial charge in [-0.3, -0.25) is 14.2 Å². The van der Waals surface area contributed by atoms with E-state index in [1.54, 1.807) is 12.3 Å². The van der Waals surface area contributed by atoms with Crippen LogP contribution in [0.1, 0.15) is 53.9 Å². The Morgan fingerprint density at radius 2 is 1.94 bits per heavy atom. The SMILES string of the molecule is CC(C)NC(=O)c1cnc(Nc2ccc3c(c2)CCNC3)nc1Nc1ccnc(C2(CF)CC2)c1. The molecule has 5 rings (SSSR count). The van der Waals surface area contributed by atoms with E-state index in [1.165, 1.54) is 17.3 Å². The molecule has 0 bridgehead atoms. The number of nitrogens with zero attached hydrogens (tertiary/aromatic N) is 3. The number of nitrogens with one attached hydrogen (secondary N) is 4. The van der Waals surface area contributed by atoms with Gasteiger partial charge in [-0.05, 0) is 75.0 Å². The van der Waals surface area contributed by atoms with Crippen LogP contribution < -0.4 is 21.3 Å². The summed E-state index contributed by atoms with van der Waals surface area (Å²) in [5.74, 6) is 0.469. The van der Waals surface area contributed by atoms with Crippen molar-refractivity contribution in [1.29, 1.82) is 0 Å². The van der Waals surface area contributed by atoms with E-state index in [1.807, 2.05) is 26.0 Å². The maximum atomic E-state index is 13.6. The molecule has 2 aromatic heterocycles. The van der Waals surface area contributed by atoms with Crippen LogP contribution in [0.5, 0.6) is 0 Å². The Morgan fingerprint density at radius 1 is 1.11 bits per heavy atom. The average molecular weight is 476 g/mol. The lowest BCUT2D eigenvalue weighted by atomic mass is 10.0. The minimum Gasteiger partial charge on any atom is -0.350 e. The van der Waals surface area contributed by atoms with E-state index in [4.69, 9.17) is 0 Å². The van der Waals surface area contributed by atoms with E-state index >= 15 is 0 Å². The predicted octanol–water partition coefficient (Wildman–Crippen LogP) is 4.14. The molecule has 35 heavy (non-hydrogen) atoms. The van der Waals surface area contributed by atoms with Crippen molar-refractivity contribution in [1.82, 2.24) is 25.6 Å². The van der Waals surface area contributed by atoms with Crippen LogP contribution in [0.15, 0.2) is 42.7 Å². The van der Waals surface area contributed by atoms with Crippen molar-refractivity contribution < 1.29 is 9.18 Å². The molecule has 2 aliphatic rings. The van der Waals surface area contributed by atoms with Crippen molar-refractivity contribution in [3.05, 3.63) is 65.1 Å². The molecule has 182 valence electrons. The van der Waals surface area contributed by atoms with Crippen LogP contribution in [0.25, 0.3) is 0 Å². The van der Waals surface area contributed by atoms with E-state index in [0.717, 1.165) is 38.0 Å². The Morgan fingerprint density at radius 3 is 2.71 bits per heavy atom. The first-order valence-corrected chi connectivity index (χ1v) is 12.0. The number of anilines is 4. The molecule has 0 radical (unpaired) electrons. The number of pyridine rings is 1. The number of halogens is 1. The van der Waals surface area contributed by atoms with Crippen LogP contribution in [0.4, 0.5) is 27.5 Å². The van der Waals surface area contributed by atoms with Gasteiger partial charge in [0.1, 0.15) is 18.1 Å². The van der Waals surface area contributed by atoms with Crippen LogP contribution in [0, 0.1) is 0 Å². The van der Waals surface area contributed by atoms with Gasteiger partial charge in [0.05, 0.1) is 5.69 Å². The summed E-state index contributed by atoms with van der Waals surface area (Å²) in [5, 5.41) is 12.8. The summed E-state index contributed by atoms with van der Waals surface area (Å²) in [6.45, 7) is 5.20. The third-order valence-corrected chi connectivity index (χ3v) is 6.48. The number of benzene rings is 1. The lowest BCUT2D eigenvalue weighted by Crippen LogP contribution is -2.31. The molecule has 1 aliphatic carbocycles.